The molecule has 0 spiro atoms. The van der Waals surface area contributed by atoms with Gasteiger partial charge in [-0.25, -0.2) is 12.8 Å². The van der Waals surface area contributed by atoms with Gasteiger partial charge < -0.3 is 0 Å². The summed E-state index contributed by atoms with van der Waals surface area (Å²) in [7, 11) is 1.51. The van der Waals surface area contributed by atoms with Crippen LogP contribution >= 0.6 is 10.7 Å². The maximum atomic E-state index is 13.4. The molecule has 2 nitrogen and oxygen atoms in total. The molecule has 0 unspecified atom stereocenters. The van der Waals surface area contributed by atoms with Crippen LogP contribution in [0.25, 0.3) is 0 Å². The number of aryl methyl sites for hydroxylation is 2. The number of hydrogen-bond donors (Lipinski definition) is 0. The van der Waals surface area contributed by atoms with E-state index in [9.17, 15) is 12.8 Å². The van der Waals surface area contributed by atoms with Crippen LogP contribution in [-0.2, 0) is 15.5 Å². The first-order valence-corrected chi connectivity index (χ1v) is 6.95. The average Bonchev–Trinajstić information content (AvgIpc) is 1.99. The number of rotatable bonds is 3. The maximum absolute atomic E-state index is 13.4. The van der Waals surface area contributed by atoms with Crippen LogP contribution < -0.4 is 0 Å². The monoisotopic (exact) mass is 250 g/mol. The lowest BCUT2D eigenvalue weighted by Gasteiger charge is -2.07. The molecule has 1 aromatic rings. The van der Waals surface area contributed by atoms with Crippen molar-refractivity contribution in [2.45, 2.75) is 20.3 Å². The van der Waals surface area contributed by atoms with E-state index >= 15 is 0 Å². The molecule has 0 N–H and O–H groups in total. The summed E-state index contributed by atoms with van der Waals surface area (Å²) in [6.45, 7) is 3.55. The van der Waals surface area contributed by atoms with Crippen LogP contribution in [0.2, 0.25) is 0 Å². The minimum atomic E-state index is -3.56. The van der Waals surface area contributed by atoms with E-state index in [0.717, 1.165) is 11.1 Å². The summed E-state index contributed by atoms with van der Waals surface area (Å²) < 4.78 is 34.9. The lowest BCUT2D eigenvalue weighted by atomic mass is 10.0. The van der Waals surface area contributed by atoms with Crippen molar-refractivity contribution in [2.24, 2.45) is 0 Å². The van der Waals surface area contributed by atoms with Gasteiger partial charge in [0.15, 0.2) is 0 Å². The van der Waals surface area contributed by atoms with Crippen LogP contribution in [0, 0.1) is 19.7 Å². The highest BCUT2D eigenvalue weighted by Crippen LogP contribution is 2.17. The van der Waals surface area contributed by atoms with Gasteiger partial charge in [0.1, 0.15) is 5.82 Å². The molecule has 0 heterocycles. The highest BCUT2D eigenvalue weighted by Gasteiger charge is 2.11. The van der Waals surface area contributed by atoms with E-state index in [1.54, 1.807) is 13.8 Å². The van der Waals surface area contributed by atoms with E-state index in [2.05, 4.69) is 0 Å². The fraction of sp³-hybridized carbons (Fsp3) is 0.400. The van der Waals surface area contributed by atoms with Crippen LogP contribution in [0.4, 0.5) is 4.39 Å². The van der Waals surface area contributed by atoms with E-state index in [1.165, 1.54) is 6.07 Å². The van der Waals surface area contributed by atoms with Gasteiger partial charge in [0.05, 0.1) is 5.75 Å². The van der Waals surface area contributed by atoms with Gasteiger partial charge in [0.25, 0.3) is 0 Å². The summed E-state index contributed by atoms with van der Waals surface area (Å²) in [5.41, 5.74) is 2.00. The second-order valence-electron chi connectivity index (χ2n) is 3.54. The van der Waals surface area contributed by atoms with Gasteiger partial charge in [-0.05, 0) is 43.0 Å². The normalized spacial score (nSPS) is 11.7. The topological polar surface area (TPSA) is 34.1 Å². The van der Waals surface area contributed by atoms with Gasteiger partial charge in [0.2, 0.25) is 9.05 Å². The third-order valence-electron chi connectivity index (χ3n) is 2.16. The molecular weight excluding hydrogens is 239 g/mol. The zero-order chi connectivity index (χ0) is 11.6. The average molecular weight is 251 g/mol. The zero-order valence-corrected chi connectivity index (χ0v) is 10.1. The summed E-state index contributed by atoms with van der Waals surface area (Å²) in [5.74, 6) is -0.608. The fourth-order valence-electron chi connectivity index (χ4n) is 1.49. The molecular formula is C10H12ClFO2S. The molecule has 0 aliphatic heterocycles. The second-order valence-corrected chi connectivity index (χ2v) is 6.43. The molecule has 0 bridgehead atoms. The van der Waals surface area contributed by atoms with Crippen molar-refractivity contribution < 1.29 is 12.8 Å². The number of benzene rings is 1. The van der Waals surface area contributed by atoms with E-state index in [0.29, 0.717) is 5.56 Å². The van der Waals surface area contributed by atoms with Crippen LogP contribution in [0.15, 0.2) is 12.1 Å². The Labute approximate surface area is 93.5 Å². The summed E-state index contributed by atoms with van der Waals surface area (Å²) in [6, 6.07) is 3.21. The van der Waals surface area contributed by atoms with Gasteiger partial charge in [-0.3, -0.25) is 0 Å². The molecule has 0 saturated carbocycles. The molecule has 0 radical (unpaired) electrons. The van der Waals surface area contributed by atoms with Gasteiger partial charge in [-0.15, -0.1) is 0 Å². The summed E-state index contributed by atoms with van der Waals surface area (Å²) in [5, 5.41) is 0. The van der Waals surface area contributed by atoms with Crippen LogP contribution in [0.5, 0.6) is 0 Å². The highest BCUT2D eigenvalue weighted by atomic mass is 35.7. The summed E-state index contributed by atoms with van der Waals surface area (Å²) >= 11 is 0. The van der Waals surface area contributed by atoms with Crippen LogP contribution in [0.3, 0.4) is 0 Å². The largest absolute Gasteiger partial charge is 0.232 e. The Morgan fingerprint density at radius 3 is 2.40 bits per heavy atom. The van der Waals surface area contributed by atoms with Gasteiger partial charge in [-0.1, -0.05) is 6.07 Å². The van der Waals surface area contributed by atoms with Crippen molar-refractivity contribution in [3.05, 3.63) is 34.6 Å². The quantitative estimate of drug-likeness (QED) is 0.773. The van der Waals surface area contributed by atoms with Crippen molar-refractivity contribution in [1.29, 1.82) is 0 Å². The molecule has 0 aromatic heterocycles. The highest BCUT2D eigenvalue weighted by molar-refractivity contribution is 8.13. The molecule has 15 heavy (non-hydrogen) atoms. The first-order valence-electron chi connectivity index (χ1n) is 4.47. The van der Waals surface area contributed by atoms with E-state index in [4.69, 9.17) is 10.7 Å². The molecule has 1 rings (SSSR count). The lowest BCUT2D eigenvalue weighted by molar-refractivity contribution is 0.600. The van der Waals surface area contributed by atoms with E-state index in [1.807, 2.05) is 6.07 Å². The first-order chi connectivity index (χ1) is 6.79. The van der Waals surface area contributed by atoms with Crippen molar-refractivity contribution in [3.8, 4) is 0 Å². The van der Waals surface area contributed by atoms with Crippen molar-refractivity contribution in [2.75, 3.05) is 5.75 Å². The Kier molecular flexibility index (Phi) is 3.73. The molecule has 0 aliphatic carbocycles. The number of hydrogen-bond acceptors (Lipinski definition) is 2. The third kappa shape index (κ3) is 3.80. The first kappa shape index (κ1) is 12.5. The zero-order valence-electron chi connectivity index (χ0n) is 8.55. The Morgan fingerprint density at radius 1 is 1.33 bits per heavy atom. The Hall–Kier alpha value is -0.610. The maximum Gasteiger partial charge on any atom is 0.232 e. The van der Waals surface area contributed by atoms with Crippen molar-refractivity contribution in [1.82, 2.24) is 0 Å². The molecule has 0 fully saturated rings. The third-order valence-corrected chi connectivity index (χ3v) is 3.31. The Balaban J connectivity index is 2.96. The van der Waals surface area contributed by atoms with Crippen LogP contribution in [0.1, 0.15) is 16.7 Å². The fourth-order valence-corrected chi connectivity index (χ4v) is 2.17. The smallest absolute Gasteiger partial charge is 0.212 e. The molecule has 5 heteroatoms. The predicted octanol–water partition coefficient (Wildman–Crippen LogP) is 2.55. The Morgan fingerprint density at radius 2 is 1.93 bits per heavy atom. The van der Waals surface area contributed by atoms with E-state index < -0.39 is 9.05 Å². The summed E-state index contributed by atoms with van der Waals surface area (Å²) in [4.78, 5) is 0. The standard InChI is InChI=1S/C10H12ClFO2S/c1-7-5-8(2)9(10(12)6-7)3-4-15(11,13)14/h5-6H,3-4H2,1-2H3. The minimum Gasteiger partial charge on any atom is -0.212 e. The summed E-state index contributed by atoms with van der Waals surface area (Å²) in [6.07, 6.45) is 0.115. The van der Waals surface area contributed by atoms with Crippen molar-refractivity contribution >= 4 is 19.7 Å². The minimum absolute atomic E-state index is 0.115. The SMILES string of the molecule is Cc1cc(C)c(CCS(=O)(=O)Cl)c(F)c1. The molecule has 0 atom stereocenters. The lowest BCUT2D eigenvalue weighted by Crippen LogP contribution is -2.05. The van der Waals surface area contributed by atoms with Crippen LogP contribution in [-0.4, -0.2) is 14.2 Å². The molecule has 0 saturated heterocycles. The molecule has 0 aliphatic rings. The Bertz CT molecular complexity index is 445. The van der Waals surface area contributed by atoms with Crippen molar-refractivity contribution in [3.63, 3.8) is 0 Å². The molecule has 0 amide bonds. The van der Waals surface area contributed by atoms with E-state index in [-0.39, 0.29) is 18.0 Å². The molecule has 84 valence electrons. The second kappa shape index (κ2) is 4.49. The number of halogens is 2. The predicted molar refractivity (Wildman–Crippen MR) is 59.2 cm³/mol. The van der Waals surface area contributed by atoms with Gasteiger partial charge in [0, 0.05) is 10.7 Å². The van der Waals surface area contributed by atoms with Gasteiger partial charge in [-0.2, -0.15) is 0 Å². The van der Waals surface area contributed by atoms with Gasteiger partial charge >= 0.3 is 0 Å². The molecule has 1 aromatic carbocycles.